The van der Waals surface area contributed by atoms with Crippen molar-refractivity contribution in [2.45, 2.75) is 19.6 Å². The smallest absolute Gasteiger partial charge is 0.336 e. The molecule has 1 heterocycles. The fourth-order valence-electron chi connectivity index (χ4n) is 2.60. The van der Waals surface area contributed by atoms with Crippen molar-refractivity contribution in [2.24, 2.45) is 0 Å². The maximum atomic E-state index is 12.1. The van der Waals surface area contributed by atoms with E-state index in [9.17, 15) is 9.59 Å². The molecule has 6 heteroatoms. The summed E-state index contributed by atoms with van der Waals surface area (Å²) < 4.78 is 5.30. The van der Waals surface area contributed by atoms with Crippen LogP contribution >= 0.6 is 23.4 Å². The molecule has 0 atom stereocenters. The van der Waals surface area contributed by atoms with Gasteiger partial charge in [-0.15, -0.1) is 11.8 Å². The topological polar surface area (TPSA) is 59.3 Å². The van der Waals surface area contributed by atoms with Crippen LogP contribution in [0, 0.1) is 13.8 Å². The predicted octanol–water partition coefficient (Wildman–Crippen LogP) is 4.94. The van der Waals surface area contributed by atoms with Crippen LogP contribution in [0.4, 0.5) is 5.69 Å². The molecule has 0 spiro atoms. The Morgan fingerprint density at radius 1 is 1.15 bits per heavy atom. The number of fused-ring (bicyclic) bond motifs is 1. The Balaban J connectivity index is 1.70. The molecule has 0 saturated carbocycles. The monoisotopic (exact) mass is 387 g/mol. The standard InChI is InChI=1S/C20H18ClNO3S/c1-12-7-15-14(9-20(24)25-18(15)8-13(12)2)10-26-11-19(23)22-17-6-4-3-5-16(17)21/h3-9H,10-11H2,1-2H3,(H,22,23). The van der Waals surface area contributed by atoms with Crippen molar-refractivity contribution < 1.29 is 9.21 Å². The number of hydrogen-bond acceptors (Lipinski definition) is 4. The molecular weight excluding hydrogens is 370 g/mol. The molecular formula is C20H18ClNO3S. The summed E-state index contributed by atoms with van der Waals surface area (Å²) in [6.45, 7) is 4.00. The molecule has 0 bridgehead atoms. The zero-order valence-electron chi connectivity index (χ0n) is 14.5. The lowest BCUT2D eigenvalue weighted by molar-refractivity contribution is -0.113. The molecule has 0 aliphatic rings. The molecule has 0 saturated heterocycles. The normalized spacial score (nSPS) is 10.9. The van der Waals surface area contributed by atoms with E-state index in [1.54, 1.807) is 12.1 Å². The van der Waals surface area contributed by atoms with E-state index >= 15 is 0 Å². The minimum atomic E-state index is -0.378. The van der Waals surface area contributed by atoms with Gasteiger partial charge in [-0.05, 0) is 54.8 Å². The van der Waals surface area contributed by atoms with Gasteiger partial charge in [0.25, 0.3) is 0 Å². The molecule has 4 nitrogen and oxygen atoms in total. The molecule has 1 amide bonds. The lowest BCUT2D eigenvalue weighted by Crippen LogP contribution is -2.14. The van der Waals surface area contributed by atoms with Crippen LogP contribution < -0.4 is 10.9 Å². The highest BCUT2D eigenvalue weighted by molar-refractivity contribution is 7.99. The van der Waals surface area contributed by atoms with E-state index in [0.29, 0.717) is 22.0 Å². The molecule has 3 rings (SSSR count). The van der Waals surface area contributed by atoms with Crippen molar-refractivity contribution in [2.75, 3.05) is 11.1 Å². The van der Waals surface area contributed by atoms with Gasteiger partial charge in [-0.2, -0.15) is 0 Å². The lowest BCUT2D eigenvalue weighted by Gasteiger charge is -2.09. The maximum Gasteiger partial charge on any atom is 0.336 e. The van der Waals surface area contributed by atoms with E-state index in [4.69, 9.17) is 16.0 Å². The van der Waals surface area contributed by atoms with Crippen LogP contribution in [0.25, 0.3) is 11.0 Å². The highest BCUT2D eigenvalue weighted by atomic mass is 35.5. The van der Waals surface area contributed by atoms with Gasteiger partial charge in [0.05, 0.1) is 16.5 Å². The molecule has 2 aromatic carbocycles. The van der Waals surface area contributed by atoms with Gasteiger partial charge in [0.1, 0.15) is 5.58 Å². The van der Waals surface area contributed by atoms with Gasteiger partial charge >= 0.3 is 5.63 Å². The fraction of sp³-hybridized carbons (Fsp3) is 0.200. The van der Waals surface area contributed by atoms with Crippen molar-refractivity contribution in [3.8, 4) is 0 Å². The summed E-state index contributed by atoms with van der Waals surface area (Å²) in [5.41, 5.74) is 3.87. The molecule has 134 valence electrons. The summed E-state index contributed by atoms with van der Waals surface area (Å²) in [5.74, 6) is 0.667. The van der Waals surface area contributed by atoms with Crippen LogP contribution in [0.5, 0.6) is 0 Å². The van der Waals surface area contributed by atoms with Crippen molar-refractivity contribution >= 4 is 45.9 Å². The van der Waals surface area contributed by atoms with E-state index in [1.165, 1.54) is 17.8 Å². The number of anilines is 1. The number of rotatable bonds is 5. The van der Waals surface area contributed by atoms with Gasteiger partial charge in [0, 0.05) is 17.2 Å². The van der Waals surface area contributed by atoms with Gasteiger partial charge in [0.15, 0.2) is 0 Å². The zero-order valence-corrected chi connectivity index (χ0v) is 16.0. The third kappa shape index (κ3) is 4.29. The van der Waals surface area contributed by atoms with Crippen molar-refractivity contribution in [1.29, 1.82) is 0 Å². The summed E-state index contributed by atoms with van der Waals surface area (Å²) in [6, 6.07) is 12.5. The summed E-state index contributed by atoms with van der Waals surface area (Å²) in [4.78, 5) is 23.9. The van der Waals surface area contributed by atoms with E-state index < -0.39 is 0 Å². The number of aryl methyl sites for hydroxylation is 2. The minimum absolute atomic E-state index is 0.137. The third-order valence-electron chi connectivity index (χ3n) is 4.08. The number of amides is 1. The number of benzene rings is 2. The average molecular weight is 388 g/mol. The first-order valence-electron chi connectivity index (χ1n) is 8.10. The first kappa shape index (κ1) is 18.5. The highest BCUT2D eigenvalue weighted by Crippen LogP contribution is 2.25. The number of hydrogen-bond donors (Lipinski definition) is 1. The SMILES string of the molecule is Cc1cc2oc(=O)cc(CSCC(=O)Nc3ccccc3Cl)c2cc1C. The van der Waals surface area contributed by atoms with Crippen LogP contribution in [0.3, 0.4) is 0 Å². The maximum absolute atomic E-state index is 12.1. The third-order valence-corrected chi connectivity index (χ3v) is 5.39. The second kappa shape index (κ2) is 7.98. The molecule has 0 aliphatic heterocycles. The quantitative estimate of drug-likeness (QED) is 0.630. The Labute approximate surface area is 160 Å². The molecule has 0 aliphatic carbocycles. The largest absolute Gasteiger partial charge is 0.423 e. The van der Waals surface area contributed by atoms with Gasteiger partial charge < -0.3 is 9.73 Å². The Morgan fingerprint density at radius 3 is 2.65 bits per heavy atom. The molecule has 0 fully saturated rings. The number of para-hydroxylation sites is 1. The summed E-state index contributed by atoms with van der Waals surface area (Å²) in [5, 5.41) is 4.20. The van der Waals surface area contributed by atoms with E-state index in [2.05, 4.69) is 5.32 Å². The summed E-state index contributed by atoms with van der Waals surface area (Å²) in [6.07, 6.45) is 0. The van der Waals surface area contributed by atoms with E-state index in [0.717, 1.165) is 22.1 Å². The van der Waals surface area contributed by atoms with Crippen LogP contribution in [-0.4, -0.2) is 11.7 Å². The highest BCUT2D eigenvalue weighted by Gasteiger charge is 2.10. The molecule has 0 unspecified atom stereocenters. The molecule has 26 heavy (non-hydrogen) atoms. The Kier molecular flexibility index (Phi) is 5.69. The van der Waals surface area contributed by atoms with Gasteiger partial charge in [0.2, 0.25) is 5.91 Å². The van der Waals surface area contributed by atoms with Gasteiger partial charge in [-0.25, -0.2) is 4.79 Å². The number of nitrogens with one attached hydrogen (secondary N) is 1. The Hall–Kier alpha value is -2.24. The second-order valence-electron chi connectivity index (χ2n) is 6.04. The van der Waals surface area contributed by atoms with Crippen molar-refractivity contribution in [3.05, 3.63) is 74.6 Å². The van der Waals surface area contributed by atoms with Gasteiger partial charge in [-0.1, -0.05) is 23.7 Å². The minimum Gasteiger partial charge on any atom is -0.423 e. The molecule has 1 N–H and O–H groups in total. The number of thioether (sulfide) groups is 1. The number of carbonyl (C=O) groups is 1. The van der Waals surface area contributed by atoms with Crippen LogP contribution in [0.1, 0.15) is 16.7 Å². The molecule has 3 aromatic rings. The summed E-state index contributed by atoms with van der Waals surface area (Å²) >= 11 is 7.48. The van der Waals surface area contributed by atoms with Crippen molar-refractivity contribution in [3.63, 3.8) is 0 Å². The molecule has 1 aromatic heterocycles. The Bertz CT molecular complexity index is 1030. The van der Waals surface area contributed by atoms with Crippen LogP contribution in [0.15, 0.2) is 51.7 Å². The first-order chi connectivity index (χ1) is 12.4. The number of carbonyl (C=O) groups excluding carboxylic acids is 1. The second-order valence-corrected chi connectivity index (χ2v) is 7.44. The van der Waals surface area contributed by atoms with Crippen LogP contribution in [0.2, 0.25) is 5.02 Å². The van der Waals surface area contributed by atoms with Crippen LogP contribution in [-0.2, 0) is 10.5 Å². The average Bonchev–Trinajstić information content (AvgIpc) is 2.58. The number of halogens is 1. The predicted molar refractivity (Wildman–Crippen MR) is 108 cm³/mol. The van der Waals surface area contributed by atoms with E-state index in [1.807, 2.05) is 38.1 Å². The molecule has 0 radical (unpaired) electrons. The van der Waals surface area contributed by atoms with Crippen molar-refractivity contribution in [1.82, 2.24) is 0 Å². The zero-order chi connectivity index (χ0) is 18.7. The Morgan fingerprint density at radius 2 is 1.88 bits per heavy atom. The first-order valence-corrected chi connectivity index (χ1v) is 9.63. The lowest BCUT2D eigenvalue weighted by atomic mass is 10.0. The van der Waals surface area contributed by atoms with E-state index in [-0.39, 0.29) is 17.3 Å². The fourth-order valence-corrected chi connectivity index (χ4v) is 3.61. The van der Waals surface area contributed by atoms with Gasteiger partial charge in [-0.3, -0.25) is 4.79 Å². The summed E-state index contributed by atoms with van der Waals surface area (Å²) in [7, 11) is 0.